The van der Waals surface area contributed by atoms with Crippen LogP contribution in [0.4, 0.5) is 0 Å². The van der Waals surface area contributed by atoms with Crippen LogP contribution >= 0.6 is 12.4 Å². The highest BCUT2D eigenvalue weighted by Gasteiger charge is 2.25. The molecule has 1 saturated heterocycles. The van der Waals surface area contributed by atoms with E-state index in [1.165, 1.54) is 0 Å². The molecule has 1 aromatic carbocycles. The fraction of sp³-hybridized carbons (Fsp3) is 0.588. The first kappa shape index (κ1) is 19.9. The number of halogens is 1. The summed E-state index contributed by atoms with van der Waals surface area (Å²) in [5.74, 6) is 0.438. The first-order chi connectivity index (χ1) is 10.7. The van der Waals surface area contributed by atoms with Crippen molar-refractivity contribution < 1.29 is 14.3 Å². The number of carbonyl (C=O) groups excluding carboxylic acids is 1. The monoisotopic (exact) mass is 342 g/mol. The topological polar surface area (TPSA) is 64.8 Å². The highest BCUT2D eigenvalue weighted by molar-refractivity contribution is 5.85. The molecule has 0 aromatic heterocycles. The van der Waals surface area contributed by atoms with Gasteiger partial charge < -0.3 is 20.1 Å². The predicted octanol–water partition coefficient (Wildman–Crippen LogP) is 1.84. The van der Waals surface area contributed by atoms with E-state index in [2.05, 4.69) is 0 Å². The lowest BCUT2D eigenvalue weighted by Crippen LogP contribution is -2.47. The Balaban J connectivity index is 0.00000264. The van der Waals surface area contributed by atoms with Crippen LogP contribution in [0, 0.1) is 5.92 Å². The van der Waals surface area contributed by atoms with E-state index in [1.54, 1.807) is 7.11 Å². The van der Waals surface area contributed by atoms with Gasteiger partial charge in [-0.15, -0.1) is 12.4 Å². The molecule has 0 bridgehead atoms. The molecule has 23 heavy (non-hydrogen) atoms. The zero-order valence-corrected chi connectivity index (χ0v) is 14.5. The quantitative estimate of drug-likeness (QED) is 0.821. The molecule has 1 heterocycles. The van der Waals surface area contributed by atoms with Crippen LogP contribution in [-0.2, 0) is 20.8 Å². The SMILES string of the molecule is COCC(N)C(=O)N(Cc1ccccc1)CC1CCOCC1.Cl. The standard InChI is InChI=1S/C17H26N2O3.ClH/c1-21-13-16(18)17(20)19(11-14-5-3-2-4-6-14)12-15-7-9-22-10-8-15;/h2-6,15-16H,7-13,18H2,1H3;1H. The van der Waals surface area contributed by atoms with Gasteiger partial charge >= 0.3 is 0 Å². The van der Waals surface area contributed by atoms with E-state index in [1.807, 2.05) is 35.2 Å². The molecule has 2 N–H and O–H groups in total. The van der Waals surface area contributed by atoms with Crippen molar-refractivity contribution in [2.75, 3.05) is 33.5 Å². The zero-order valence-electron chi connectivity index (χ0n) is 13.6. The van der Waals surface area contributed by atoms with Crippen molar-refractivity contribution in [2.24, 2.45) is 11.7 Å². The van der Waals surface area contributed by atoms with Crippen LogP contribution in [-0.4, -0.2) is 50.3 Å². The molecule has 0 aliphatic carbocycles. The maximum atomic E-state index is 12.6. The normalized spacial score (nSPS) is 16.4. The molecular formula is C17H27ClN2O3. The molecule has 1 atom stereocenters. The van der Waals surface area contributed by atoms with Crippen molar-refractivity contribution in [2.45, 2.75) is 25.4 Å². The van der Waals surface area contributed by atoms with Crippen LogP contribution in [0.25, 0.3) is 0 Å². The van der Waals surface area contributed by atoms with Crippen LogP contribution < -0.4 is 5.73 Å². The maximum Gasteiger partial charge on any atom is 0.242 e. The summed E-state index contributed by atoms with van der Waals surface area (Å²) in [6, 6.07) is 9.42. The molecule has 1 aliphatic heterocycles. The van der Waals surface area contributed by atoms with Crippen LogP contribution in [0.2, 0.25) is 0 Å². The molecule has 6 heteroatoms. The van der Waals surface area contributed by atoms with Gasteiger partial charge in [0.25, 0.3) is 0 Å². The first-order valence-electron chi connectivity index (χ1n) is 7.85. The lowest BCUT2D eigenvalue weighted by molar-refractivity contribution is -0.135. The third-order valence-corrected chi connectivity index (χ3v) is 4.01. The van der Waals surface area contributed by atoms with Crippen LogP contribution in [0.15, 0.2) is 30.3 Å². The van der Waals surface area contributed by atoms with Crippen molar-refractivity contribution in [1.82, 2.24) is 4.90 Å². The number of hydrogen-bond donors (Lipinski definition) is 1. The number of nitrogens with two attached hydrogens (primary N) is 1. The van der Waals surface area contributed by atoms with Gasteiger partial charge in [0.1, 0.15) is 6.04 Å². The van der Waals surface area contributed by atoms with E-state index in [-0.39, 0.29) is 24.9 Å². The maximum absolute atomic E-state index is 12.6. The molecule has 1 amide bonds. The summed E-state index contributed by atoms with van der Waals surface area (Å²) in [7, 11) is 1.56. The number of benzene rings is 1. The number of nitrogens with zero attached hydrogens (tertiary/aromatic N) is 1. The number of hydrogen-bond acceptors (Lipinski definition) is 4. The van der Waals surface area contributed by atoms with Crippen LogP contribution in [0.1, 0.15) is 18.4 Å². The molecule has 5 nitrogen and oxygen atoms in total. The molecular weight excluding hydrogens is 316 g/mol. The third kappa shape index (κ3) is 6.47. The Morgan fingerprint density at radius 3 is 2.61 bits per heavy atom. The Hall–Kier alpha value is -1.14. The Kier molecular flexibility index (Phi) is 9.17. The van der Waals surface area contributed by atoms with Crippen molar-refractivity contribution in [3.63, 3.8) is 0 Å². The summed E-state index contributed by atoms with van der Waals surface area (Å²) in [5.41, 5.74) is 7.06. The Bertz CT molecular complexity index is 452. The number of amides is 1. The Morgan fingerprint density at radius 2 is 2.00 bits per heavy atom. The number of carbonyl (C=O) groups is 1. The zero-order chi connectivity index (χ0) is 15.8. The minimum Gasteiger partial charge on any atom is -0.383 e. The summed E-state index contributed by atoms with van der Waals surface area (Å²) in [6.07, 6.45) is 2.00. The van der Waals surface area contributed by atoms with E-state index in [0.29, 0.717) is 12.5 Å². The average molecular weight is 343 g/mol. The molecule has 0 saturated carbocycles. The highest BCUT2D eigenvalue weighted by atomic mass is 35.5. The second kappa shape index (κ2) is 10.6. The minimum atomic E-state index is -0.603. The van der Waals surface area contributed by atoms with E-state index in [4.69, 9.17) is 15.2 Å². The predicted molar refractivity (Wildman–Crippen MR) is 92.5 cm³/mol. The van der Waals surface area contributed by atoms with Gasteiger partial charge in [0, 0.05) is 33.4 Å². The van der Waals surface area contributed by atoms with Crippen molar-refractivity contribution in [3.8, 4) is 0 Å². The largest absolute Gasteiger partial charge is 0.383 e. The fourth-order valence-electron chi connectivity index (χ4n) is 2.76. The molecule has 1 aliphatic rings. The van der Waals surface area contributed by atoms with Gasteiger partial charge in [-0.3, -0.25) is 4.79 Å². The summed E-state index contributed by atoms with van der Waals surface area (Å²) >= 11 is 0. The van der Waals surface area contributed by atoms with Gasteiger partial charge in [0.05, 0.1) is 6.61 Å². The van der Waals surface area contributed by atoms with E-state index < -0.39 is 6.04 Å². The van der Waals surface area contributed by atoms with E-state index >= 15 is 0 Å². The molecule has 1 aromatic rings. The van der Waals surface area contributed by atoms with Gasteiger partial charge in [0.15, 0.2) is 0 Å². The van der Waals surface area contributed by atoms with Gasteiger partial charge in [-0.25, -0.2) is 0 Å². The van der Waals surface area contributed by atoms with Gasteiger partial charge in [-0.2, -0.15) is 0 Å². The summed E-state index contributed by atoms with van der Waals surface area (Å²) in [5, 5.41) is 0. The molecule has 1 fully saturated rings. The highest BCUT2D eigenvalue weighted by Crippen LogP contribution is 2.18. The Morgan fingerprint density at radius 1 is 1.35 bits per heavy atom. The van der Waals surface area contributed by atoms with Crippen LogP contribution in [0.5, 0.6) is 0 Å². The lowest BCUT2D eigenvalue weighted by atomic mass is 9.99. The smallest absolute Gasteiger partial charge is 0.242 e. The summed E-state index contributed by atoms with van der Waals surface area (Å²) in [4.78, 5) is 14.5. The second-order valence-electron chi connectivity index (χ2n) is 5.82. The van der Waals surface area contributed by atoms with Crippen molar-refractivity contribution in [1.29, 1.82) is 0 Å². The average Bonchev–Trinajstić information content (AvgIpc) is 2.56. The molecule has 130 valence electrons. The lowest BCUT2D eigenvalue weighted by Gasteiger charge is -2.31. The molecule has 0 radical (unpaired) electrons. The second-order valence-corrected chi connectivity index (χ2v) is 5.82. The minimum absolute atomic E-state index is 0. The molecule has 1 unspecified atom stereocenters. The number of methoxy groups -OCH3 is 1. The number of ether oxygens (including phenoxy) is 2. The first-order valence-corrected chi connectivity index (χ1v) is 7.85. The van der Waals surface area contributed by atoms with Crippen molar-refractivity contribution >= 4 is 18.3 Å². The number of rotatable bonds is 7. The molecule has 0 spiro atoms. The third-order valence-electron chi connectivity index (χ3n) is 4.01. The van der Waals surface area contributed by atoms with Gasteiger partial charge in [-0.05, 0) is 24.3 Å². The van der Waals surface area contributed by atoms with E-state index in [0.717, 1.165) is 38.2 Å². The van der Waals surface area contributed by atoms with Gasteiger partial charge in [-0.1, -0.05) is 30.3 Å². The van der Waals surface area contributed by atoms with Gasteiger partial charge in [0.2, 0.25) is 5.91 Å². The Labute approximate surface area is 144 Å². The van der Waals surface area contributed by atoms with E-state index in [9.17, 15) is 4.79 Å². The van der Waals surface area contributed by atoms with Crippen LogP contribution in [0.3, 0.4) is 0 Å². The molecule has 2 rings (SSSR count). The summed E-state index contributed by atoms with van der Waals surface area (Å²) < 4.78 is 10.4. The fourth-order valence-corrected chi connectivity index (χ4v) is 2.76. The summed E-state index contributed by atoms with van der Waals surface area (Å²) in [6.45, 7) is 3.13. The van der Waals surface area contributed by atoms with Crippen molar-refractivity contribution in [3.05, 3.63) is 35.9 Å².